The van der Waals surface area contributed by atoms with Gasteiger partial charge >= 0.3 is 0 Å². The second-order valence-electron chi connectivity index (χ2n) is 5.10. The van der Waals surface area contributed by atoms with Crippen LogP contribution in [0.25, 0.3) is 0 Å². The van der Waals surface area contributed by atoms with Crippen molar-refractivity contribution in [2.45, 2.75) is 24.8 Å². The van der Waals surface area contributed by atoms with E-state index in [2.05, 4.69) is 11.0 Å². The van der Waals surface area contributed by atoms with Gasteiger partial charge in [0.25, 0.3) is 0 Å². The van der Waals surface area contributed by atoms with E-state index in [1.54, 1.807) is 0 Å². The molecule has 5 nitrogen and oxygen atoms in total. The second kappa shape index (κ2) is 5.11. The summed E-state index contributed by atoms with van der Waals surface area (Å²) in [6.07, 6.45) is 0.940. The highest BCUT2D eigenvalue weighted by molar-refractivity contribution is 7.89. The molecule has 1 heterocycles. The van der Waals surface area contributed by atoms with Crippen molar-refractivity contribution in [1.29, 1.82) is 0 Å². The molecule has 2 atom stereocenters. The fourth-order valence-electron chi connectivity index (χ4n) is 2.46. The van der Waals surface area contributed by atoms with Gasteiger partial charge in [0.2, 0.25) is 10.0 Å². The van der Waals surface area contributed by atoms with Crippen LogP contribution in [-0.4, -0.2) is 44.8 Å². The van der Waals surface area contributed by atoms with E-state index < -0.39 is 15.4 Å². The van der Waals surface area contributed by atoms with Crippen LogP contribution in [0.1, 0.15) is 12.5 Å². The van der Waals surface area contributed by atoms with E-state index in [1.165, 1.54) is 24.0 Å². The number of rotatable bonds is 4. The summed E-state index contributed by atoms with van der Waals surface area (Å²) in [5.41, 5.74) is 8.31. The zero-order chi connectivity index (χ0) is 14.2. The Bertz CT molecular complexity index is 557. The Balaban J connectivity index is 2.25. The zero-order valence-electron chi connectivity index (χ0n) is 11.6. The quantitative estimate of drug-likeness (QED) is 0.879. The van der Waals surface area contributed by atoms with Crippen LogP contribution in [0.4, 0.5) is 5.69 Å². The first-order chi connectivity index (χ1) is 8.85. The number of nitrogens with two attached hydrogens (primary N) is 1. The Hall–Kier alpha value is -1.11. The van der Waals surface area contributed by atoms with Crippen LogP contribution in [0.3, 0.4) is 0 Å². The number of anilines is 1. The second-order valence-corrected chi connectivity index (χ2v) is 7.41. The number of hydrogen-bond acceptors (Lipinski definition) is 4. The van der Waals surface area contributed by atoms with Crippen LogP contribution in [0.15, 0.2) is 24.3 Å². The minimum Gasteiger partial charge on any atom is -0.366 e. The molecule has 1 aliphatic rings. The van der Waals surface area contributed by atoms with Crippen LogP contribution in [-0.2, 0) is 16.4 Å². The number of fused-ring (bicyclic) bond motifs is 1. The number of para-hydroxylation sites is 1. The van der Waals surface area contributed by atoms with Gasteiger partial charge < -0.3 is 10.6 Å². The third kappa shape index (κ3) is 2.48. The molecule has 1 aromatic carbocycles. The summed E-state index contributed by atoms with van der Waals surface area (Å²) in [5, 5.41) is -0.923. The van der Waals surface area contributed by atoms with Crippen molar-refractivity contribution >= 4 is 15.7 Å². The lowest BCUT2D eigenvalue weighted by atomic mass is 10.2. The van der Waals surface area contributed by atoms with Gasteiger partial charge in [-0.15, -0.1) is 0 Å². The molecule has 2 unspecified atom stereocenters. The van der Waals surface area contributed by atoms with Gasteiger partial charge in [-0.1, -0.05) is 18.2 Å². The van der Waals surface area contributed by atoms with Gasteiger partial charge in [-0.3, -0.25) is 0 Å². The first kappa shape index (κ1) is 14.3. The SMILES string of the molecule is CC(C(N)S(=O)(=O)N(C)C)N1CCc2ccccc21. The van der Waals surface area contributed by atoms with E-state index in [0.29, 0.717) is 0 Å². The maximum Gasteiger partial charge on any atom is 0.231 e. The van der Waals surface area contributed by atoms with E-state index in [0.717, 1.165) is 18.7 Å². The van der Waals surface area contributed by atoms with Crippen LogP contribution in [0.5, 0.6) is 0 Å². The molecule has 0 saturated carbocycles. The lowest BCUT2D eigenvalue weighted by Gasteiger charge is -2.32. The molecule has 1 aromatic rings. The molecular weight excluding hydrogens is 262 g/mol. The summed E-state index contributed by atoms with van der Waals surface area (Å²) in [4.78, 5) is 2.08. The van der Waals surface area contributed by atoms with Crippen LogP contribution >= 0.6 is 0 Å². The van der Waals surface area contributed by atoms with E-state index in [9.17, 15) is 8.42 Å². The molecule has 106 valence electrons. The van der Waals surface area contributed by atoms with Gasteiger partial charge in [-0.05, 0) is 25.0 Å². The number of sulfonamides is 1. The Kier molecular flexibility index (Phi) is 3.85. The van der Waals surface area contributed by atoms with Crippen molar-refractivity contribution in [2.24, 2.45) is 5.73 Å². The molecule has 0 fully saturated rings. The standard InChI is InChI=1S/C13H21N3O2S/c1-10(13(14)19(17,18)15(2)3)16-9-8-11-6-4-5-7-12(11)16/h4-7,10,13H,8-9,14H2,1-3H3. The van der Waals surface area contributed by atoms with Gasteiger partial charge in [-0.2, -0.15) is 0 Å². The van der Waals surface area contributed by atoms with Gasteiger partial charge in [0.05, 0.1) is 6.04 Å². The lowest BCUT2D eigenvalue weighted by Crippen LogP contribution is -2.53. The molecule has 0 radical (unpaired) electrons. The van der Waals surface area contributed by atoms with E-state index >= 15 is 0 Å². The average Bonchev–Trinajstić information content (AvgIpc) is 2.80. The molecule has 0 bridgehead atoms. The Labute approximate surface area is 115 Å². The number of benzene rings is 1. The van der Waals surface area contributed by atoms with E-state index in [-0.39, 0.29) is 6.04 Å². The molecule has 0 aliphatic carbocycles. The average molecular weight is 283 g/mol. The Morgan fingerprint density at radius 1 is 1.32 bits per heavy atom. The minimum atomic E-state index is -3.45. The normalized spacial score (nSPS) is 18.5. The predicted molar refractivity (Wildman–Crippen MR) is 77.5 cm³/mol. The molecule has 0 spiro atoms. The lowest BCUT2D eigenvalue weighted by molar-refractivity contribution is 0.486. The fourth-order valence-corrected chi connectivity index (χ4v) is 3.59. The van der Waals surface area contributed by atoms with E-state index in [1.807, 2.05) is 25.1 Å². The minimum absolute atomic E-state index is 0.254. The molecule has 0 aromatic heterocycles. The summed E-state index contributed by atoms with van der Waals surface area (Å²) < 4.78 is 25.4. The highest BCUT2D eigenvalue weighted by Gasteiger charge is 2.35. The molecule has 0 amide bonds. The largest absolute Gasteiger partial charge is 0.366 e. The molecule has 6 heteroatoms. The summed E-state index contributed by atoms with van der Waals surface area (Å²) in [6.45, 7) is 2.69. The first-order valence-corrected chi connectivity index (χ1v) is 7.87. The van der Waals surface area contributed by atoms with Crippen molar-refractivity contribution in [2.75, 3.05) is 25.5 Å². The maximum atomic E-state index is 12.1. The maximum absolute atomic E-state index is 12.1. The van der Waals surface area contributed by atoms with Crippen molar-refractivity contribution in [1.82, 2.24) is 4.31 Å². The third-order valence-corrected chi connectivity index (χ3v) is 5.84. The highest BCUT2D eigenvalue weighted by atomic mass is 32.2. The molecule has 19 heavy (non-hydrogen) atoms. The first-order valence-electron chi connectivity index (χ1n) is 6.37. The summed E-state index contributed by atoms with van der Waals surface area (Å²) in [6, 6.07) is 7.82. The molecular formula is C13H21N3O2S. The van der Waals surface area contributed by atoms with Crippen LogP contribution < -0.4 is 10.6 Å². The summed E-state index contributed by atoms with van der Waals surface area (Å²) in [7, 11) is -0.419. The summed E-state index contributed by atoms with van der Waals surface area (Å²) in [5.74, 6) is 0. The molecule has 2 rings (SSSR count). The summed E-state index contributed by atoms with van der Waals surface area (Å²) >= 11 is 0. The topological polar surface area (TPSA) is 66.6 Å². The molecule has 0 saturated heterocycles. The van der Waals surface area contributed by atoms with Crippen molar-refractivity contribution in [3.63, 3.8) is 0 Å². The van der Waals surface area contributed by atoms with Crippen LogP contribution in [0, 0.1) is 0 Å². The van der Waals surface area contributed by atoms with Gasteiger partial charge in [-0.25, -0.2) is 12.7 Å². The van der Waals surface area contributed by atoms with Gasteiger partial charge in [0.1, 0.15) is 5.37 Å². The monoisotopic (exact) mass is 283 g/mol. The van der Waals surface area contributed by atoms with Crippen molar-refractivity contribution < 1.29 is 8.42 Å². The van der Waals surface area contributed by atoms with Crippen LogP contribution in [0.2, 0.25) is 0 Å². The molecule has 2 N–H and O–H groups in total. The number of nitrogens with zero attached hydrogens (tertiary/aromatic N) is 2. The predicted octanol–water partition coefficient (Wildman–Crippen LogP) is 0.614. The van der Waals surface area contributed by atoms with Gasteiger partial charge in [0.15, 0.2) is 0 Å². The third-order valence-electron chi connectivity index (χ3n) is 3.74. The van der Waals surface area contributed by atoms with E-state index in [4.69, 9.17) is 5.73 Å². The zero-order valence-corrected chi connectivity index (χ0v) is 12.4. The fraction of sp³-hybridized carbons (Fsp3) is 0.538. The Morgan fingerprint density at radius 2 is 1.95 bits per heavy atom. The highest BCUT2D eigenvalue weighted by Crippen LogP contribution is 2.30. The van der Waals surface area contributed by atoms with Crippen molar-refractivity contribution in [3.05, 3.63) is 29.8 Å². The smallest absolute Gasteiger partial charge is 0.231 e. The van der Waals surface area contributed by atoms with Crippen molar-refractivity contribution in [3.8, 4) is 0 Å². The Morgan fingerprint density at radius 3 is 2.58 bits per heavy atom. The number of hydrogen-bond donors (Lipinski definition) is 1. The molecule has 1 aliphatic heterocycles. The van der Waals surface area contributed by atoms with Gasteiger partial charge in [0, 0.05) is 26.3 Å².